The van der Waals surface area contributed by atoms with Gasteiger partial charge in [-0.25, -0.2) is 8.42 Å². The maximum absolute atomic E-state index is 13.2. The number of hydrogen-bond donors (Lipinski definition) is 0. The maximum atomic E-state index is 13.2. The summed E-state index contributed by atoms with van der Waals surface area (Å²) in [6, 6.07) is 19.6. The molecule has 1 aliphatic rings. The number of nitrogens with zero attached hydrogens (tertiary/aromatic N) is 1. The van der Waals surface area contributed by atoms with Crippen LogP contribution in [0.5, 0.6) is 0 Å². The van der Waals surface area contributed by atoms with Gasteiger partial charge in [0.1, 0.15) is 0 Å². The zero-order valence-electron chi connectivity index (χ0n) is 13.8. The van der Waals surface area contributed by atoms with Crippen molar-refractivity contribution in [2.24, 2.45) is 0 Å². The lowest BCUT2D eigenvalue weighted by Gasteiger charge is -2.25. The van der Waals surface area contributed by atoms with Gasteiger partial charge >= 0.3 is 0 Å². The van der Waals surface area contributed by atoms with Crippen LogP contribution in [0.25, 0.3) is 0 Å². The van der Waals surface area contributed by atoms with Crippen molar-refractivity contribution in [2.45, 2.75) is 38.8 Å². The van der Waals surface area contributed by atoms with Crippen LogP contribution in [0.1, 0.15) is 36.8 Å². The van der Waals surface area contributed by atoms with Crippen LogP contribution in [-0.4, -0.2) is 12.7 Å². The van der Waals surface area contributed by atoms with Gasteiger partial charge in [-0.1, -0.05) is 66.7 Å². The molecular formula is C20H23NO2S. The van der Waals surface area contributed by atoms with Crippen LogP contribution in [0, 0.1) is 0 Å². The van der Waals surface area contributed by atoms with E-state index in [-0.39, 0.29) is 0 Å². The Hall–Kier alpha value is -1.91. The van der Waals surface area contributed by atoms with E-state index in [1.54, 1.807) is 4.31 Å². The van der Waals surface area contributed by atoms with Crippen molar-refractivity contribution in [1.82, 2.24) is 4.31 Å². The van der Waals surface area contributed by atoms with Crippen molar-refractivity contribution in [3.63, 3.8) is 0 Å². The third-order valence-corrected chi connectivity index (χ3v) is 6.30. The summed E-state index contributed by atoms with van der Waals surface area (Å²) in [5, 5.41) is 0. The Morgan fingerprint density at radius 2 is 1.33 bits per heavy atom. The molecule has 2 aromatic rings. The minimum Gasteiger partial charge on any atom is -0.207 e. The van der Waals surface area contributed by atoms with E-state index >= 15 is 0 Å². The Morgan fingerprint density at radius 1 is 0.792 bits per heavy atom. The SMILES string of the molecule is O=S(=O)(C1=CCCCC1)N(Cc1ccccc1)Cc1ccccc1. The first-order valence-corrected chi connectivity index (χ1v) is 9.87. The lowest BCUT2D eigenvalue weighted by atomic mass is 10.1. The van der Waals surface area contributed by atoms with Gasteiger partial charge in [-0.15, -0.1) is 0 Å². The summed E-state index contributed by atoms with van der Waals surface area (Å²) < 4.78 is 27.9. The van der Waals surface area contributed by atoms with E-state index in [2.05, 4.69) is 0 Å². The van der Waals surface area contributed by atoms with E-state index in [9.17, 15) is 8.42 Å². The van der Waals surface area contributed by atoms with Gasteiger partial charge in [-0.2, -0.15) is 4.31 Å². The minimum atomic E-state index is -3.43. The molecule has 0 saturated carbocycles. The second-order valence-corrected chi connectivity index (χ2v) is 8.15. The average molecular weight is 341 g/mol. The maximum Gasteiger partial charge on any atom is 0.239 e. The van der Waals surface area contributed by atoms with Gasteiger partial charge < -0.3 is 0 Å². The lowest BCUT2D eigenvalue weighted by Crippen LogP contribution is -2.31. The number of hydrogen-bond acceptors (Lipinski definition) is 2. The molecule has 0 heterocycles. The molecule has 1 aliphatic carbocycles. The van der Waals surface area contributed by atoms with E-state index in [1.807, 2.05) is 66.7 Å². The molecule has 0 spiro atoms. The Morgan fingerprint density at radius 3 is 1.79 bits per heavy atom. The molecule has 0 aromatic heterocycles. The van der Waals surface area contributed by atoms with E-state index in [4.69, 9.17) is 0 Å². The molecule has 0 fully saturated rings. The van der Waals surface area contributed by atoms with E-state index in [0.717, 1.165) is 30.4 Å². The molecular weight excluding hydrogens is 318 g/mol. The molecule has 3 rings (SSSR count). The second kappa shape index (κ2) is 7.77. The van der Waals surface area contributed by atoms with Gasteiger partial charge in [0.15, 0.2) is 0 Å². The Bertz CT molecular complexity index is 741. The third kappa shape index (κ3) is 4.13. The number of benzene rings is 2. The fourth-order valence-electron chi connectivity index (χ4n) is 3.01. The highest BCUT2D eigenvalue weighted by Crippen LogP contribution is 2.27. The topological polar surface area (TPSA) is 37.4 Å². The number of allylic oxidation sites excluding steroid dienone is 2. The van der Waals surface area contributed by atoms with E-state index in [1.165, 1.54) is 0 Å². The van der Waals surface area contributed by atoms with Crippen LogP contribution in [0.15, 0.2) is 71.6 Å². The van der Waals surface area contributed by atoms with Crippen LogP contribution < -0.4 is 0 Å². The highest BCUT2D eigenvalue weighted by molar-refractivity contribution is 7.93. The predicted molar refractivity (Wildman–Crippen MR) is 97.6 cm³/mol. The quantitative estimate of drug-likeness (QED) is 0.777. The summed E-state index contributed by atoms with van der Waals surface area (Å²) in [5.41, 5.74) is 2.02. The summed E-state index contributed by atoms with van der Waals surface area (Å²) in [6.07, 6.45) is 5.45. The minimum absolute atomic E-state index is 0.398. The standard InChI is InChI=1S/C20H23NO2S/c22-24(23,20-14-8-3-9-15-20)21(16-18-10-4-1-5-11-18)17-19-12-6-2-7-13-19/h1-2,4-7,10-14H,3,8-9,15-17H2. The summed E-state index contributed by atoms with van der Waals surface area (Å²) in [5.74, 6) is 0. The van der Waals surface area contributed by atoms with Gasteiger partial charge in [0.2, 0.25) is 10.0 Å². The molecule has 0 N–H and O–H groups in total. The summed E-state index contributed by atoms with van der Waals surface area (Å²) in [7, 11) is -3.43. The molecule has 24 heavy (non-hydrogen) atoms. The van der Waals surface area contributed by atoms with Crippen LogP contribution in [0.4, 0.5) is 0 Å². The highest BCUT2D eigenvalue weighted by Gasteiger charge is 2.27. The molecule has 4 heteroatoms. The molecule has 0 atom stereocenters. The van der Waals surface area contributed by atoms with Gasteiger partial charge in [0.05, 0.1) is 4.91 Å². The summed E-state index contributed by atoms with van der Waals surface area (Å²) >= 11 is 0. The van der Waals surface area contributed by atoms with Gasteiger partial charge in [0, 0.05) is 13.1 Å². The Balaban J connectivity index is 1.90. The summed E-state index contributed by atoms with van der Waals surface area (Å²) in [6.45, 7) is 0.796. The normalized spacial score (nSPS) is 15.3. The second-order valence-electron chi connectivity index (χ2n) is 6.16. The van der Waals surface area contributed by atoms with Crippen LogP contribution in [0.3, 0.4) is 0 Å². The first kappa shape index (κ1) is 16.9. The molecule has 0 bridgehead atoms. The molecule has 0 aliphatic heterocycles. The Labute approximate surface area is 144 Å². The summed E-state index contributed by atoms with van der Waals surface area (Å²) in [4.78, 5) is 0.584. The molecule has 0 amide bonds. The first-order chi connectivity index (χ1) is 11.7. The van der Waals surface area contributed by atoms with Crippen LogP contribution in [-0.2, 0) is 23.1 Å². The van der Waals surface area contributed by atoms with E-state index in [0.29, 0.717) is 24.4 Å². The van der Waals surface area contributed by atoms with Gasteiger partial charge in [-0.05, 0) is 36.8 Å². The molecule has 126 valence electrons. The van der Waals surface area contributed by atoms with Gasteiger partial charge in [0.25, 0.3) is 0 Å². The van der Waals surface area contributed by atoms with Crippen molar-refractivity contribution in [2.75, 3.05) is 0 Å². The fraction of sp³-hybridized carbons (Fsp3) is 0.300. The van der Waals surface area contributed by atoms with Crippen molar-refractivity contribution in [3.8, 4) is 0 Å². The van der Waals surface area contributed by atoms with Crippen molar-refractivity contribution < 1.29 is 8.42 Å². The first-order valence-electron chi connectivity index (χ1n) is 8.43. The molecule has 0 unspecified atom stereocenters. The van der Waals surface area contributed by atoms with Crippen molar-refractivity contribution in [3.05, 3.63) is 82.8 Å². The predicted octanol–water partition coefficient (Wildman–Crippen LogP) is 4.48. The largest absolute Gasteiger partial charge is 0.239 e. The third-order valence-electron chi connectivity index (χ3n) is 4.32. The van der Waals surface area contributed by atoms with Crippen LogP contribution >= 0.6 is 0 Å². The zero-order chi connectivity index (χ0) is 16.8. The highest BCUT2D eigenvalue weighted by atomic mass is 32.2. The molecule has 0 saturated heterocycles. The number of rotatable bonds is 6. The monoisotopic (exact) mass is 341 g/mol. The van der Waals surface area contributed by atoms with Gasteiger partial charge in [-0.3, -0.25) is 0 Å². The zero-order valence-corrected chi connectivity index (χ0v) is 14.6. The molecule has 2 aromatic carbocycles. The Kier molecular flexibility index (Phi) is 5.48. The average Bonchev–Trinajstić information content (AvgIpc) is 2.64. The van der Waals surface area contributed by atoms with E-state index < -0.39 is 10.0 Å². The van der Waals surface area contributed by atoms with Crippen molar-refractivity contribution in [1.29, 1.82) is 0 Å². The van der Waals surface area contributed by atoms with Crippen molar-refractivity contribution >= 4 is 10.0 Å². The van der Waals surface area contributed by atoms with Crippen LogP contribution in [0.2, 0.25) is 0 Å². The molecule has 3 nitrogen and oxygen atoms in total. The molecule has 0 radical (unpaired) electrons. The fourth-order valence-corrected chi connectivity index (χ4v) is 4.71. The smallest absolute Gasteiger partial charge is 0.207 e. The lowest BCUT2D eigenvalue weighted by molar-refractivity contribution is 0.403. The number of sulfonamides is 1.